The highest BCUT2D eigenvalue weighted by molar-refractivity contribution is 7.92. The lowest BCUT2D eigenvalue weighted by Gasteiger charge is -2.15. The molecule has 3 aromatic carbocycles. The van der Waals surface area contributed by atoms with Crippen molar-refractivity contribution in [3.05, 3.63) is 89.2 Å². The van der Waals surface area contributed by atoms with Gasteiger partial charge >= 0.3 is 0 Å². The van der Waals surface area contributed by atoms with E-state index in [0.717, 1.165) is 16.7 Å². The number of nitrogens with one attached hydrogen (secondary N) is 2. The Morgan fingerprint density at radius 3 is 2.25 bits per heavy atom. The molecule has 0 aliphatic rings. The Kier molecular flexibility index (Phi) is 7.15. The summed E-state index contributed by atoms with van der Waals surface area (Å²) >= 11 is 0. The molecule has 0 fully saturated rings. The average molecular weight is 457 g/mol. The quantitative estimate of drug-likeness (QED) is 0.523. The molecule has 8 heteroatoms. The van der Waals surface area contributed by atoms with Gasteiger partial charge in [-0.1, -0.05) is 18.2 Å². The van der Waals surface area contributed by atoms with Gasteiger partial charge in [-0.15, -0.1) is 0 Å². The first-order valence-corrected chi connectivity index (χ1v) is 11.5. The zero-order valence-electron chi connectivity index (χ0n) is 18.1. The van der Waals surface area contributed by atoms with Gasteiger partial charge in [0, 0.05) is 5.69 Å². The Balaban J connectivity index is 1.56. The number of carbonyl (C=O) groups excluding carboxylic acids is 1. The lowest BCUT2D eigenvalue weighted by Crippen LogP contribution is -2.31. The summed E-state index contributed by atoms with van der Waals surface area (Å²) in [7, 11) is -3.75. The van der Waals surface area contributed by atoms with Crippen LogP contribution in [0.2, 0.25) is 0 Å². The molecule has 0 aromatic heterocycles. The topological polar surface area (TPSA) is 84.5 Å². The van der Waals surface area contributed by atoms with Crippen LogP contribution in [0.15, 0.2) is 71.6 Å². The maximum absolute atomic E-state index is 13.0. The average Bonchev–Trinajstić information content (AvgIpc) is 2.75. The fourth-order valence-corrected chi connectivity index (χ4v) is 4.05. The third kappa shape index (κ3) is 6.07. The van der Waals surface area contributed by atoms with E-state index in [1.54, 1.807) is 31.2 Å². The number of sulfonamides is 1. The Morgan fingerprint density at radius 2 is 1.62 bits per heavy atom. The molecule has 168 valence electrons. The number of amides is 1. The standard InChI is InChI=1S/C24H25FN2O4S/c1-16-4-9-21(14-17(16)2)27-32(29,30)23-12-10-22(11-13-23)31-15-24(28)26-18(3)19-5-7-20(25)8-6-19/h4-14,18,27H,15H2,1-3H3,(H,26,28)/t18-/m1/s1. The molecule has 0 aliphatic carbocycles. The summed E-state index contributed by atoms with van der Waals surface area (Å²) in [6, 6.07) is 16.7. The van der Waals surface area contributed by atoms with Gasteiger partial charge in [-0.3, -0.25) is 9.52 Å². The second-order valence-electron chi connectivity index (χ2n) is 7.51. The number of ether oxygens (including phenoxy) is 1. The zero-order valence-corrected chi connectivity index (χ0v) is 18.9. The van der Waals surface area contributed by atoms with Crippen molar-refractivity contribution in [3.63, 3.8) is 0 Å². The fraction of sp³-hybridized carbons (Fsp3) is 0.208. The van der Waals surface area contributed by atoms with Gasteiger partial charge in [0.25, 0.3) is 15.9 Å². The highest BCUT2D eigenvalue weighted by Crippen LogP contribution is 2.21. The molecule has 6 nitrogen and oxygen atoms in total. The van der Waals surface area contributed by atoms with Gasteiger partial charge in [-0.2, -0.15) is 0 Å². The van der Waals surface area contributed by atoms with Crippen LogP contribution in [-0.4, -0.2) is 20.9 Å². The summed E-state index contributed by atoms with van der Waals surface area (Å²) in [6.07, 6.45) is 0. The fourth-order valence-electron chi connectivity index (χ4n) is 3.00. The molecule has 32 heavy (non-hydrogen) atoms. The van der Waals surface area contributed by atoms with Crippen molar-refractivity contribution in [3.8, 4) is 5.75 Å². The second-order valence-corrected chi connectivity index (χ2v) is 9.19. The third-order valence-corrected chi connectivity index (χ3v) is 6.41. The molecule has 0 saturated carbocycles. The number of carbonyl (C=O) groups is 1. The van der Waals surface area contributed by atoms with Crippen molar-refractivity contribution in [2.45, 2.75) is 31.7 Å². The first-order valence-electron chi connectivity index (χ1n) is 10.0. The van der Waals surface area contributed by atoms with Gasteiger partial charge in [0.1, 0.15) is 11.6 Å². The number of halogens is 1. The van der Waals surface area contributed by atoms with Crippen LogP contribution < -0.4 is 14.8 Å². The molecule has 0 bridgehead atoms. The summed E-state index contributed by atoms with van der Waals surface area (Å²) in [4.78, 5) is 12.2. The molecule has 1 atom stereocenters. The molecule has 0 radical (unpaired) electrons. The Hall–Kier alpha value is -3.39. The molecule has 2 N–H and O–H groups in total. The number of hydrogen-bond acceptors (Lipinski definition) is 4. The second kappa shape index (κ2) is 9.82. The van der Waals surface area contributed by atoms with Gasteiger partial charge < -0.3 is 10.1 Å². The van der Waals surface area contributed by atoms with Crippen LogP contribution >= 0.6 is 0 Å². The predicted octanol–water partition coefficient (Wildman–Crippen LogP) is 4.50. The van der Waals surface area contributed by atoms with E-state index in [-0.39, 0.29) is 29.3 Å². The van der Waals surface area contributed by atoms with Crippen LogP contribution in [0.4, 0.5) is 10.1 Å². The molecule has 3 aromatic rings. The maximum atomic E-state index is 13.0. The predicted molar refractivity (Wildman–Crippen MR) is 122 cm³/mol. The largest absolute Gasteiger partial charge is 0.484 e. The number of rotatable bonds is 8. The number of aryl methyl sites for hydroxylation is 2. The van der Waals surface area contributed by atoms with Gasteiger partial charge in [0.2, 0.25) is 0 Å². The monoisotopic (exact) mass is 456 g/mol. The first kappa shape index (κ1) is 23.3. The molecular weight excluding hydrogens is 431 g/mol. The molecular formula is C24H25FN2O4S. The molecule has 0 saturated heterocycles. The molecule has 3 rings (SSSR count). The molecule has 0 aliphatic heterocycles. The molecule has 0 unspecified atom stereocenters. The minimum Gasteiger partial charge on any atom is -0.484 e. The third-order valence-electron chi connectivity index (χ3n) is 5.01. The Labute approximate surface area is 187 Å². The number of hydrogen-bond donors (Lipinski definition) is 2. The smallest absolute Gasteiger partial charge is 0.261 e. The van der Waals surface area contributed by atoms with Crippen LogP contribution in [-0.2, 0) is 14.8 Å². The van der Waals surface area contributed by atoms with Crippen LogP contribution in [0.25, 0.3) is 0 Å². The van der Waals surface area contributed by atoms with Crippen LogP contribution in [0.1, 0.15) is 29.7 Å². The van der Waals surface area contributed by atoms with Gasteiger partial charge in [-0.25, -0.2) is 12.8 Å². The van der Waals surface area contributed by atoms with E-state index in [4.69, 9.17) is 4.74 Å². The van der Waals surface area contributed by atoms with Crippen LogP contribution in [0, 0.1) is 19.7 Å². The molecule has 0 spiro atoms. The molecule has 1 amide bonds. The minimum absolute atomic E-state index is 0.0810. The van der Waals surface area contributed by atoms with E-state index >= 15 is 0 Å². The maximum Gasteiger partial charge on any atom is 0.261 e. The molecule has 0 heterocycles. The SMILES string of the molecule is Cc1ccc(NS(=O)(=O)c2ccc(OCC(=O)N[C@H](C)c3ccc(F)cc3)cc2)cc1C. The highest BCUT2D eigenvalue weighted by Gasteiger charge is 2.15. The van der Waals surface area contributed by atoms with E-state index in [1.165, 1.54) is 36.4 Å². The van der Waals surface area contributed by atoms with E-state index in [0.29, 0.717) is 11.4 Å². The summed E-state index contributed by atoms with van der Waals surface area (Å²) < 4.78 is 46.2. The Morgan fingerprint density at radius 1 is 0.969 bits per heavy atom. The van der Waals surface area contributed by atoms with Crippen LogP contribution in [0.3, 0.4) is 0 Å². The minimum atomic E-state index is -3.75. The summed E-state index contributed by atoms with van der Waals surface area (Å²) in [5.41, 5.74) is 3.32. The number of benzene rings is 3. The van der Waals surface area contributed by atoms with Gasteiger partial charge in [-0.05, 0) is 86.0 Å². The first-order chi connectivity index (χ1) is 15.1. The lowest BCUT2D eigenvalue weighted by molar-refractivity contribution is -0.123. The van der Waals surface area contributed by atoms with E-state index in [9.17, 15) is 17.6 Å². The van der Waals surface area contributed by atoms with Crippen LogP contribution in [0.5, 0.6) is 5.75 Å². The summed E-state index contributed by atoms with van der Waals surface area (Å²) in [6.45, 7) is 5.41. The van der Waals surface area contributed by atoms with Crippen molar-refractivity contribution in [2.24, 2.45) is 0 Å². The van der Waals surface area contributed by atoms with E-state index in [1.807, 2.05) is 19.9 Å². The summed E-state index contributed by atoms with van der Waals surface area (Å²) in [5, 5.41) is 2.76. The highest BCUT2D eigenvalue weighted by atomic mass is 32.2. The van der Waals surface area contributed by atoms with Gasteiger partial charge in [0.05, 0.1) is 10.9 Å². The summed E-state index contributed by atoms with van der Waals surface area (Å²) in [5.74, 6) is -0.333. The lowest BCUT2D eigenvalue weighted by atomic mass is 10.1. The Bertz CT molecular complexity index is 1190. The van der Waals surface area contributed by atoms with E-state index in [2.05, 4.69) is 10.0 Å². The van der Waals surface area contributed by atoms with Crippen molar-refractivity contribution in [2.75, 3.05) is 11.3 Å². The zero-order chi connectivity index (χ0) is 23.3. The van der Waals surface area contributed by atoms with Gasteiger partial charge in [0.15, 0.2) is 6.61 Å². The normalized spacial score (nSPS) is 12.1. The van der Waals surface area contributed by atoms with Crippen molar-refractivity contribution in [1.82, 2.24) is 5.32 Å². The number of anilines is 1. The van der Waals surface area contributed by atoms with E-state index < -0.39 is 10.0 Å². The van der Waals surface area contributed by atoms with Crippen molar-refractivity contribution >= 4 is 21.6 Å². The van der Waals surface area contributed by atoms with Crippen molar-refractivity contribution < 1.29 is 22.3 Å². The van der Waals surface area contributed by atoms with Crippen molar-refractivity contribution in [1.29, 1.82) is 0 Å².